The summed E-state index contributed by atoms with van der Waals surface area (Å²) in [4.78, 5) is 27.6. The van der Waals surface area contributed by atoms with Gasteiger partial charge < -0.3 is 14.9 Å². The highest BCUT2D eigenvalue weighted by atomic mass is 19.1. The number of aromatic amines is 1. The third kappa shape index (κ3) is 3.61. The summed E-state index contributed by atoms with van der Waals surface area (Å²) in [5.74, 6) is 0.414. The minimum atomic E-state index is -0.598. The lowest BCUT2D eigenvalue weighted by Crippen LogP contribution is -2.19. The van der Waals surface area contributed by atoms with Crippen LogP contribution in [-0.2, 0) is 13.0 Å². The van der Waals surface area contributed by atoms with Crippen LogP contribution in [0.4, 0.5) is 10.1 Å². The third-order valence-electron chi connectivity index (χ3n) is 5.58. The minimum Gasteiger partial charge on any atom is -0.318 e. The van der Waals surface area contributed by atoms with Gasteiger partial charge in [0.25, 0.3) is 11.5 Å². The Bertz CT molecular complexity index is 1360. The van der Waals surface area contributed by atoms with Crippen molar-refractivity contribution in [1.82, 2.24) is 19.7 Å². The molecule has 0 fully saturated rings. The van der Waals surface area contributed by atoms with Crippen molar-refractivity contribution >= 4 is 22.4 Å². The van der Waals surface area contributed by atoms with E-state index in [4.69, 9.17) is 0 Å². The molecule has 0 radical (unpaired) electrons. The fourth-order valence-corrected chi connectivity index (χ4v) is 3.98. The standard InChI is InChI=1S/C23H20FN5O2/c24-17-10-9-15(21-28-27-20-8-2-1-5-11-29(20)21)13-18(17)25-23(31)19-12-14-6-3-4-7-16(14)22(30)26-19/h3-4,6-7,9-10,12-13H,1-2,5,8,11H2,(H,25,31)(H,26,30). The highest BCUT2D eigenvalue weighted by molar-refractivity contribution is 6.05. The molecule has 4 aromatic rings. The Labute approximate surface area is 176 Å². The van der Waals surface area contributed by atoms with Crippen molar-refractivity contribution in [1.29, 1.82) is 0 Å². The maximum Gasteiger partial charge on any atom is 0.272 e. The quantitative estimate of drug-likeness (QED) is 0.529. The largest absolute Gasteiger partial charge is 0.318 e. The lowest BCUT2D eigenvalue weighted by Gasteiger charge is -2.11. The van der Waals surface area contributed by atoms with Gasteiger partial charge in [0, 0.05) is 23.9 Å². The molecule has 1 aliphatic rings. The number of aromatic nitrogens is 4. The molecular formula is C23H20FN5O2. The number of amides is 1. The lowest BCUT2D eigenvalue weighted by atomic mass is 10.1. The monoisotopic (exact) mass is 417 g/mol. The van der Waals surface area contributed by atoms with Crippen molar-refractivity contribution in [3.8, 4) is 11.4 Å². The second-order valence-electron chi connectivity index (χ2n) is 7.65. The van der Waals surface area contributed by atoms with Crippen LogP contribution in [-0.4, -0.2) is 25.7 Å². The second-order valence-corrected chi connectivity index (χ2v) is 7.65. The molecule has 0 bridgehead atoms. The Hall–Kier alpha value is -3.81. The highest BCUT2D eigenvalue weighted by Crippen LogP contribution is 2.27. The van der Waals surface area contributed by atoms with Gasteiger partial charge in [-0.2, -0.15) is 0 Å². The van der Waals surface area contributed by atoms with Gasteiger partial charge in [-0.3, -0.25) is 9.59 Å². The first-order chi connectivity index (χ1) is 15.1. The first-order valence-corrected chi connectivity index (χ1v) is 10.3. The van der Waals surface area contributed by atoms with Crippen LogP contribution >= 0.6 is 0 Å². The van der Waals surface area contributed by atoms with Crippen molar-refractivity contribution < 1.29 is 9.18 Å². The van der Waals surface area contributed by atoms with Gasteiger partial charge in [0.1, 0.15) is 17.3 Å². The van der Waals surface area contributed by atoms with E-state index in [-0.39, 0.29) is 16.9 Å². The SMILES string of the molecule is O=C(Nc1cc(-c2nnc3n2CCCCC3)ccc1F)c1cc2ccccc2c(=O)[nH]1. The van der Waals surface area contributed by atoms with E-state index in [9.17, 15) is 14.0 Å². The van der Waals surface area contributed by atoms with Gasteiger partial charge in [-0.15, -0.1) is 10.2 Å². The second kappa shape index (κ2) is 7.79. The number of aryl methyl sites for hydroxylation is 1. The average molecular weight is 417 g/mol. The lowest BCUT2D eigenvalue weighted by molar-refractivity contribution is 0.102. The molecule has 2 aromatic carbocycles. The number of pyridine rings is 1. The van der Waals surface area contributed by atoms with Crippen LogP contribution in [0.3, 0.4) is 0 Å². The van der Waals surface area contributed by atoms with E-state index in [1.807, 2.05) is 0 Å². The van der Waals surface area contributed by atoms with Crippen molar-refractivity contribution in [2.45, 2.75) is 32.2 Å². The predicted molar refractivity (Wildman–Crippen MR) is 115 cm³/mol. The fraction of sp³-hybridized carbons (Fsp3) is 0.217. The molecule has 1 amide bonds. The number of benzene rings is 2. The van der Waals surface area contributed by atoms with Gasteiger partial charge >= 0.3 is 0 Å². The molecule has 31 heavy (non-hydrogen) atoms. The number of rotatable bonds is 3. The molecule has 3 heterocycles. The zero-order valence-electron chi connectivity index (χ0n) is 16.7. The first kappa shape index (κ1) is 19.2. The number of nitrogens with one attached hydrogen (secondary N) is 2. The Kier molecular flexibility index (Phi) is 4.82. The van der Waals surface area contributed by atoms with E-state index >= 15 is 0 Å². The molecule has 0 saturated carbocycles. The summed E-state index contributed by atoms with van der Waals surface area (Å²) in [6, 6.07) is 13.0. The molecule has 0 spiro atoms. The summed E-state index contributed by atoms with van der Waals surface area (Å²) in [5.41, 5.74) is 0.375. The number of fused-ring (bicyclic) bond motifs is 2. The number of hydrogen-bond acceptors (Lipinski definition) is 4. The highest BCUT2D eigenvalue weighted by Gasteiger charge is 2.18. The molecule has 2 aromatic heterocycles. The molecule has 2 N–H and O–H groups in total. The molecule has 1 aliphatic heterocycles. The van der Waals surface area contributed by atoms with Crippen LogP contribution in [0.15, 0.2) is 53.3 Å². The van der Waals surface area contributed by atoms with Crippen molar-refractivity contribution in [3.05, 3.63) is 76.2 Å². The number of carbonyl (C=O) groups is 1. The van der Waals surface area contributed by atoms with E-state index in [2.05, 4.69) is 25.1 Å². The summed E-state index contributed by atoms with van der Waals surface area (Å²) in [5, 5.41) is 12.3. The average Bonchev–Trinajstić information content (AvgIpc) is 3.03. The van der Waals surface area contributed by atoms with Crippen molar-refractivity contribution in [2.75, 3.05) is 5.32 Å². The van der Waals surface area contributed by atoms with Crippen molar-refractivity contribution in [2.24, 2.45) is 0 Å². The number of anilines is 1. The van der Waals surface area contributed by atoms with Crippen LogP contribution in [0, 0.1) is 5.82 Å². The number of nitrogens with zero attached hydrogens (tertiary/aromatic N) is 3. The topological polar surface area (TPSA) is 92.7 Å². The zero-order valence-corrected chi connectivity index (χ0v) is 16.7. The van der Waals surface area contributed by atoms with Crippen LogP contribution in [0.2, 0.25) is 0 Å². The van der Waals surface area contributed by atoms with Gasteiger partial charge in [-0.25, -0.2) is 4.39 Å². The first-order valence-electron chi connectivity index (χ1n) is 10.3. The normalized spacial score (nSPS) is 13.6. The zero-order chi connectivity index (χ0) is 21.4. The Balaban J connectivity index is 1.47. The van der Waals surface area contributed by atoms with E-state index < -0.39 is 11.7 Å². The van der Waals surface area contributed by atoms with Gasteiger partial charge in [-0.05, 0) is 48.6 Å². The van der Waals surface area contributed by atoms with Crippen molar-refractivity contribution in [3.63, 3.8) is 0 Å². The Morgan fingerprint density at radius 2 is 1.94 bits per heavy atom. The van der Waals surface area contributed by atoms with Gasteiger partial charge in [0.05, 0.1) is 5.69 Å². The predicted octanol–water partition coefficient (Wildman–Crippen LogP) is 3.90. The molecular weight excluding hydrogens is 397 g/mol. The minimum absolute atomic E-state index is 0.0162. The third-order valence-corrected chi connectivity index (χ3v) is 5.58. The van der Waals surface area contributed by atoms with Crippen LogP contribution in [0.5, 0.6) is 0 Å². The molecule has 5 rings (SSSR count). The molecule has 7 nitrogen and oxygen atoms in total. The number of H-pyrrole nitrogens is 1. The maximum absolute atomic E-state index is 14.5. The molecule has 8 heteroatoms. The molecule has 0 unspecified atom stereocenters. The van der Waals surface area contributed by atoms with Crippen LogP contribution < -0.4 is 10.9 Å². The Morgan fingerprint density at radius 1 is 1.06 bits per heavy atom. The smallest absolute Gasteiger partial charge is 0.272 e. The fourth-order valence-electron chi connectivity index (χ4n) is 3.98. The summed E-state index contributed by atoms with van der Waals surface area (Å²) < 4.78 is 16.6. The summed E-state index contributed by atoms with van der Waals surface area (Å²) in [6.07, 6.45) is 4.12. The van der Waals surface area contributed by atoms with Gasteiger partial charge in [0.2, 0.25) is 0 Å². The molecule has 156 valence electrons. The molecule has 0 aliphatic carbocycles. The molecule has 0 atom stereocenters. The number of halogens is 1. The maximum atomic E-state index is 14.5. The van der Waals surface area contributed by atoms with E-state index in [1.54, 1.807) is 42.5 Å². The van der Waals surface area contributed by atoms with Crippen LogP contribution in [0.25, 0.3) is 22.2 Å². The molecule has 0 saturated heterocycles. The summed E-state index contributed by atoms with van der Waals surface area (Å²) in [6.45, 7) is 0.815. The van der Waals surface area contributed by atoms with Gasteiger partial charge in [-0.1, -0.05) is 24.6 Å². The Morgan fingerprint density at radius 3 is 2.84 bits per heavy atom. The van der Waals surface area contributed by atoms with E-state index in [0.717, 1.165) is 38.1 Å². The number of hydrogen-bond donors (Lipinski definition) is 2. The van der Waals surface area contributed by atoms with E-state index in [0.29, 0.717) is 22.2 Å². The number of carbonyl (C=O) groups excluding carboxylic acids is 1. The summed E-state index contributed by atoms with van der Waals surface area (Å²) >= 11 is 0. The van der Waals surface area contributed by atoms with Gasteiger partial charge in [0.15, 0.2) is 5.82 Å². The van der Waals surface area contributed by atoms with Crippen LogP contribution in [0.1, 0.15) is 35.6 Å². The summed E-state index contributed by atoms with van der Waals surface area (Å²) in [7, 11) is 0. The van der Waals surface area contributed by atoms with E-state index in [1.165, 1.54) is 6.07 Å².